The molecule has 1 aromatic heterocycles. The molecule has 1 heterocycles. The van der Waals surface area contributed by atoms with E-state index in [0.29, 0.717) is 6.54 Å². The Balaban J connectivity index is 1.69. The Morgan fingerprint density at radius 2 is 1.82 bits per heavy atom. The molecule has 0 bridgehead atoms. The molecule has 1 N–H and O–H groups in total. The van der Waals surface area contributed by atoms with Gasteiger partial charge in [-0.15, -0.1) is 10.2 Å². The summed E-state index contributed by atoms with van der Waals surface area (Å²) in [5, 5.41) is 11.0. The van der Waals surface area contributed by atoms with Crippen molar-refractivity contribution in [3.05, 3.63) is 66.7 Å². The van der Waals surface area contributed by atoms with E-state index in [1.165, 1.54) is 0 Å². The third-order valence-electron chi connectivity index (χ3n) is 3.31. The summed E-state index contributed by atoms with van der Waals surface area (Å²) in [5.74, 6) is 0. The van der Waals surface area contributed by atoms with Gasteiger partial charge < -0.3 is 5.32 Å². The lowest BCUT2D eigenvalue weighted by molar-refractivity contribution is 0.687. The van der Waals surface area contributed by atoms with Gasteiger partial charge >= 0.3 is 0 Å². The van der Waals surface area contributed by atoms with Gasteiger partial charge in [0.25, 0.3) is 0 Å². The minimum Gasteiger partial charge on any atom is -0.381 e. The lowest BCUT2D eigenvalue weighted by Gasteiger charge is -2.09. The number of benzene rings is 2. The van der Waals surface area contributed by atoms with E-state index in [0.717, 1.165) is 21.8 Å². The topological polar surface area (TPSA) is 59.8 Å². The van der Waals surface area contributed by atoms with Crippen LogP contribution in [0.4, 0.5) is 5.69 Å². The van der Waals surface area contributed by atoms with Crippen LogP contribution in [0.15, 0.2) is 66.1 Å². The van der Waals surface area contributed by atoms with Gasteiger partial charge in [0.15, 0.2) is 0 Å². The highest BCUT2D eigenvalue weighted by Crippen LogP contribution is 2.15. The van der Waals surface area contributed by atoms with Gasteiger partial charge in [0.1, 0.15) is 12.7 Å². The van der Waals surface area contributed by atoms with Crippen molar-refractivity contribution in [1.29, 1.82) is 0 Å². The van der Waals surface area contributed by atoms with E-state index >= 15 is 0 Å². The SMILES string of the molecule is C[S@](=O)c1ccc(CNc2cccc(-n3cnnc3)c2)cc1. The summed E-state index contributed by atoms with van der Waals surface area (Å²) in [6.07, 6.45) is 5.02. The lowest BCUT2D eigenvalue weighted by Crippen LogP contribution is -2.00. The molecule has 112 valence electrons. The Bertz CT molecular complexity index is 769. The molecule has 0 unspecified atom stereocenters. The fraction of sp³-hybridized carbons (Fsp3) is 0.125. The Morgan fingerprint density at radius 1 is 1.09 bits per heavy atom. The first-order valence-corrected chi connectivity index (χ1v) is 8.39. The van der Waals surface area contributed by atoms with Crippen LogP contribution in [0.1, 0.15) is 5.56 Å². The third-order valence-corrected chi connectivity index (χ3v) is 4.25. The summed E-state index contributed by atoms with van der Waals surface area (Å²) >= 11 is 0. The Hall–Kier alpha value is -2.47. The average molecular weight is 312 g/mol. The molecule has 3 rings (SSSR count). The molecule has 22 heavy (non-hydrogen) atoms. The van der Waals surface area contributed by atoms with Crippen LogP contribution in [0.3, 0.4) is 0 Å². The quantitative estimate of drug-likeness (QED) is 0.787. The second-order valence-corrected chi connectivity index (χ2v) is 6.25. The molecule has 2 aromatic carbocycles. The van der Waals surface area contributed by atoms with Gasteiger partial charge in [-0.25, -0.2) is 0 Å². The number of anilines is 1. The first-order chi connectivity index (χ1) is 10.7. The smallest absolute Gasteiger partial charge is 0.123 e. The number of hydrogen-bond acceptors (Lipinski definition) is 4. The summed E-state index contributed by atoms with van der Waals surface area (Å²) < 4.78 is 13.2. The number of hydrogen-bond donors (Lipinski definition) is 1. The molecule has 5 nitrogen and oxygen atoms in total. The van der Waals surface area contributed by atoms with Crippen molar-refractivity contribution in [2.24, 2.45) is 0 Å². The largest absolute Gasteiger partial charge is 0.381 e. The van der Waals surface area contributed by atoms with Crippen LogP contribution in [0.5, 0.6) is 0 Å². The summed E-state index contributed by atoms with van der Waals surface area (Å²) in [4.78, 5) is 0.846. The summed E-state index contributed by atoms with van der Waals surface area (Å²) in [7, 11) is -0.932. The predicted molar refractivity (Wildman–Crippen MR) is 87.5 cm³/mol. The summed E-state index contributed by atoms with van der Waals surface area (Å²) in [6, 6.07) is 15.8. The highest BCUT2D eigenvalue weighted by Gasteiger charge is 2.00. The van der Waals surface area contributed by atoms with E-state index in [1.54, 1.807) is 18.9 Å². The standard InChI is InChI=1S/C16H16N4OS/c1-22(21)16-7-5-13(6-8-16)10-17-14-3-2-4-15(9-14)20-11-18-19-12-20/h2-9,11-12,17H,10H2,1H3/t22-/m0/s1. The second kappa shape index (κ2) is 6.53. The molecular formula is C16H16N4OS. The van der Waals surface area contributed by atoms with Crippen molar-refractivity contribution >= 4 is 16.5 Å². The summed E-state index contributed by atoms with van der Waals surface area (Å²) in [5.41, 5.74) is 3.17. The molecule has 0 aliphatic rings. The van der Waals surface area contributed by atoms with Crippen LogP contribution in [-0.2, 0) is 17.3 Å². The van der Waals surface area contributed by atoms with Gasteiger partial charge in [0, 0.05) is 34.2 Å². The average Bonchev–Trinajstić information content (AvgIpc) is 3.08. The molecular weight excluding hydrogens is 296 g/mol. The van der Waals surface area contributed by atoms with Crippen LogP contribution in [0.2, 0.25) is 0 Å². The van der Waals surface area contributed by atoms with Crippen molar-refractivity contribution in [3.8, 4) is 5.69 Å². The van der Waals surface area contributed by atoms with Gasteiger partial charge in [-0.2, -0.15) is 0 Å². The van der Waals surface area contributed by atoms with Crippen molar-refractivity contribution in [3.63, 3.8) is 0 Å². The molecule has 1 atom stereocenters. The normalized spacial score (nSPS) is 12.0. The third kappa shape index (κ3) is 3.40. The zero-order valence-electron chi connectivity index (χ0n) is 12.1. The molecule has 6 heteroatoms. The van der Waals surface area contributed by atoms with Crippen LogP contribution >= 0.6 is 0 Å². The monoisotopic (exact) mass is 312 g/mol. The van der Waals surface area contributed by atoms with E-state index in [1.807, 2.05) is 53.1 Å². The second-order valence-electron chi connectivity index (χ2n) is 4.87. The fourth-order valence-corrected chi connectivity index (χ4v) is 2.63. The molecule has 0 spiro atoms. The highest BCUT2D eigenvalue weighted by atomic mass is 32.2. The fourth-order valence-electron chi connectivity index (χ4n) is 2.11. The molecule has 3 aromatic rings. The van der Waals surface area contributed by atoms with Crippen LogP contribution < -0.4 is 5.32 Å². The van der Waals surface area contributed by atoms with Crippen molar-refractivity contribution < 1.29 is 4.21 Å². The summed E-state index contributed by atoms with van der Waals surface area (Å²) in [6.45, 7) is 0.711. The van der Waals surface area contributed by atoms with Crippen LogP contribution in [0.25, 0.3) is 5.69 Å². The molecule has 0 aliphatic carbocycles. The van der Waals surface area contributed by atoms with Crippen molar-refractivity contribution in [2.75, 3.05) is 11.6 Å². The Labute approximate surface area is 131 Å². The van der Waals surface area contributed by atoms with Gasteiger partial charge in [-0.1, -0.05) is 18.2 Å². The van der Waals surface area contributed by atoms with E-state index < -0.39 is 10.8 Å². The maximum atomic E-state index is 11.4. The van der Waals surface area contributed by atoms with E-state index in [2.05, 4.69) is 15.5 Å². The zero-order chi connectivity index (χ0) is 15.4. The molecule has 0 fully saturated rings. The minimum absolute atomic E-state index is 0.711. The van der Waals surface area contributed by atoms with E-state index in [9.17, 15) is 4.21 Å². The van der Waals surface area contributed by atoms with E-state index in [4.69, 9.17) is 0 Å². The molecule has 0 saturated heterocycles. The van der Waals surface area contributed by atoms with Crippen LogP contribution in [0, 0.1) is 0 Å². The minimum atomic E-state index is -0.932. The first-order valence-electron chi connectivity index (χ1n) is 6.84. The highest BCUT2D eigenvalue weighted by molar-refractivity contribution is 7.84. The van der Waals surface area contributed by atoms with Gasteiger partial charge in [0.05, 0.1) is 5.69 Å². The van der Waals surface area contributed by atoms with Crippen molar-refractivity contribution in [1.82, 2.24) is 14.8 Å². The molecule has 0 saturated carbocycles. The number of aromatic nitrogens is 3. The number of nitrogens with zero attached hydrogens (tertiary/aromatic N) is 3. The molecule has 0 aliphatic heterocycles. The van der Waals surface area contributed by atoms with Gasteiger partial charge in [-0.3, -0.25) is 8.78 Å². The van der Waals surface area contributed by atoms with E-state index in [-0.39, 0.29) is 0 Å². The zero-order valence-corrected chi connectivity index (χ0v) is 13.0. The van der Waals surface area contributed by atoms with Gasteiger partial charge in [-0.05, 0) is 35.9 Å². The maximum absolute atomic E-state index is 11.4. The number of rotatable bonds is 5. The predicted octanol–water partition coefficient (Wildman–Crippen LogP) is 2.62. The maximum Gasteiger partial charge on any atom is 0.123 e. The first kappa shape index (κ1) is 14.5. The van der Waals surface area contributed by atoms with Crippen molar-refractivity contribution in [2.45, 2.75) is 11.4 Å². The molecule has 0 amide bonds. The lowest BCUT2D eigenvalue weighted by atomic mass is 10.2. The van der Waals surface area contributed by atoms with Gasteiger partial charge in [0.2, 0.25) is 0 Å². The Morgan fingerprint density at radius 3 is 2.50 bits per heavy atom. The number of nitrogens with one attached hydrogen (secondary N) is 1. The molecule has 0 radical (unpaired) electrons. The Kier molecular flexibility index (Phi) is 4.29. The van der Waals surface area contributed by atoms with Crippen LogP contribution in [-0.4, -0.2) is 25.2 Å².